The van der Waals surface area contributed by atoms with Crippen LogP contribution in [0.1, 0.15) is 50.1 Å². The van der Waals surface area contributed by atoms with Gasteiger partial charge in [0.2, 0.25) is 11.8 Å². The van der Waals surface area contributed by atoms with Crippen LogP contribution in [-0.2, 0) is 16.1 Å². The van der Waals surface area contributed by atoms with E-state index in [9.17, 15) is 9.59 Å². The SMILES string of the molecule is Cl.NC(=O)C1(NC(=O)Cn2ccc(C3CCCNC3)n2)CCCC1. The van der Waals surface area contributed by atoms with Crippen LogP contribution in [0.15, 0.2) is 12.3 Å². The Morgan fingerprint density at radius 1 is 1.38 bits per heavy atom. The number of hydrogen-bond donors (Lipinski definition) is 3. The lowest BCUT2D eigenvalue weighted by Crippen LogP contribution is -2.56. The van der Waals surface area contributed by atoms with Crippen LogP contribution in [0.4, 0.5) is 0 Å². The van der Waals surface area contributed by atoms with Crippen molar-refractivity contribution in [3.63, 3.8) is 0 Å². The van der Waals surface area contributed by atoms with Crippen molar-refractivity contribution >= 4 is 24.2 Å². The van der Waals surface area contributed by atoms with Crippen molar-refractivity contribution in [2.75, 3.05) is 13.1 Å². The van der Waals surface area contributed by atoms with E-state index in [1.807, 2.05) is 12.3 Å². The quantitative estimate of drug-likeness (QED) is 0.723. The molecule has 24 heavy (non-hydrogen) atoms. The molecular formula is C16H26ClN5O2. The topological polar surface area (TPSA) is 102 Å². The molecule has 1 aliphatic carbocycles. The first-order valence-electron chi connectivity index (χ1n) is 8.44. The number of nitrogens with one attached hydrogen (secondary N) is 2. The maximum Gasteiger partial charge on any atom is 0.243 e. The molecule has 0 spiro atoms. The Kier molecular flexibility index (Phi) is 6.23. The van der Waals surface area contributed by atoms with Crippen molar-refractivity contribution in [2.24, 2.45) is 5.73 Å². The summed E-state index contributed by atoms with van der Waals surface area (Å²) >= 11 is 0. The average Bonchev–Trinajstić information content (AvgIpc) is 3.18. The molecule has 2 heterocycles. The lowest BCUT2D eigenvalue weighted by molar-refractivity contribution is -0.131. The summed E-state index contributed by atoms with van der Waals surface area (Å²) in [6.45, 7) is 2.12. The third-order valence-electron chi connectivity index (χ3n) is 4.99. The second-order valence-electron chi connectivity index (χ2n) is 6.68. The maximum absolute atomic E-state index is 12.3. The van der Waals surface area contributed by atoms with Crippen molar-refractivity contribution < 1.29 is 9.59 Å². The highest BCUT2D eigenvalue weighted by molar-refractivity contribution is 5.90. The summed E-state index contributed by atoms with van der Waals surface area (Å²) in [4.78, 5) is 24.0. The molecule has 8 heteroatoms. The molecule has 1 saturated heterocycles. The van der Waals surface area contributed by atoms with Crippen molar-refractivity contribution in [1.29, 1.82) is 0 Å². The van der Waals surface area contributed by atoms with E-state index in [1.54, 1.807) is 4.68 Å². The van der Waals surface area contributed by atoms with Crippen LogP contribution in [0.25, 0.3) is 0 Å². The fourth-order valence-corrected chi connectivity index (χ4v) is 3.65. The molecule has 2 amide bonds. The van der Waals surface area contributed by atoms with Gasteiger partial charge in [-0.25, -0.2) is 0 Å². The van der Waals surface area contributed by atoms with Gasteiger partial charge in [-0.2, -0.15) is 5.10 Å². The van der Waals surface area contributed by atoms with Gasteiger partial charge in [-0.3, -0.25) is 14.3 Å². The number of piperidine rings is 1. The first-order valence-corrected chi connectivity index (χ1v) is 8.44. The van der Waals surface area contributed by atoms with Crippen LogP contribution < -0.4 is 16.4 Å². The summed E-state index contributed by atoms with van der Waals surface area (Å²) in [6.07, 6.45) is 7.21. The van der Waals surface area contributed by atoms with E-state index in [4.69, 9.17) is 5.73 Å². The van der Waals surface area contributed by atoms with Gasteiger partial charge in [0.05, 0.1) is 5.69 Å². The lowest BCUT2D eigenvalue weighted by Gasteiger charge is -2.26. The summed E-state index contributed by atoms with van der Waals surface area (Å²) in [5.41, 5.74) is 5.66. The Morgan fingerprint density at radius 3 is 2.75 bits per heavy atom. The summed E-state index contributed by atoms with van der Waals surface area (Å²) in [5, 5.41) is 10.7. The number of halogens is 1. The van der Waals surface area contributed by atoms with Gasteiger partial charge < -0.3 is 16.4 Å². The molecule has 0 radical (unpaired) electrons. The van der Waals surface area contributed by atoms with E-state index >= 15 is 0 Å². The number of hydrogen-bond acceptors (Lipinski definition) is 4. The number of carbonyl (C=O) groups is 2. The van der Waals surface area contributed by atoms with Crippen LogP contribution in [0, 0.1) is 0 Å². The molecule has 1 atom stereocenters. The van der Waals surface area contributed by atoms with Crippen LogP contribution in [0.5, 0.6) is 0 Å². The minimum absolute atomic E-state index is 0. The van der Waals surface area contributed by atoms with Crippen LogP contribution in [-0.4, -0.2) is 40.2 Å². The van der Waals surface area contributed by atoms with E-state index in [2.05, 4.69) is 15.7 Å². The normalized spacial score (nSPS) is 22.6. The monoisotopic (exact) mass is 355 g/mol. The zero-order valence-corrected chi connectivity index (χ0v) is 14.6. The summed E-state index contributed by atoms with van der Waals surface area (Å²) in [7, 11) is 0. The van der Waals surface area contributed by atoms with E-state index in [0.29, 0.717) is 18.8 Å². The summed E-state index contributed by atoms with van der Waals surface area (Å²) in [6, 6.07) is 1.98. The Labute approximate surface area is 148 Å². The van der Waals surface area contributed by atoms with Crippen molar-refractivity contribution in [1.82, 2.24) is 20.4 Å². The van der Waals surface area contributed by atoms with Gasteiger partial charge in [-0.1, -0.05) is 12.8 Å². The molecule has 2 aliphatic rings. The minimum atomic E-state index is -0.861. The molecule has 1 unspecified atom stereocenters. The second kappa shape index (κ2) is 7.98. The predicted octanol–water partition coefficient (Wildman–Crippen LogP) is 0.686. The zero-order chi connectivity index (χ0) is 16.3. The fraction of sp³-hybridized carbons (Fsp3) is 0.688. The molecule has 1 aliphatic heterocycles. The van der Waals surface area contributed by atoms with E-state index in [-0.39, 0.29) is 24.9 Å². The van der Waals surface area contributed by atoms with Crippen molar-refractivity contribution in [2.45, 2.75) is 56.5 Å². The minimum Gasteiger partial charge on any atom is -0.368 e. The zero-order valence-electron chi connectivity index (χ0n) is 13.8. The molecule has 1 saturated carbocycles. The first kappa shape index (κ1) is 18.7. The highest BCUT2D eigenvalue weighted by Crippen LogP contribution is 2.29. The molecule has 1 aromatic rings. The Balaban J connectivity index is 0.00000208. The lowest BCUT2D eigenvalue weighted by atomic mass is 9.97. The standard InChI is InChI=1S/C16H25N5O2.ClH/c17-15(23)16(6-1-2-7-16)19-14(22)11-21-9-5-13(20-21)12-4-3-8-18-10-12;/h5,9,12,18H,1-4,6-8,10-11H2,(H2,17,23)(H,19,22);1H. The summed E-state index contributed by atoms with van der Waals surface area (Å²) < 4.78 is 1.64. The maximum atomic E-state index is 12.3. The molecule has 0 bridgehead atoms. The van der Waals surface area contributed by atoms with Crippen LogP contribution in [0.2, 0.25) is 0 Å². The number of carbonyl (C=O) groups excluding carboxylic acids is 2. The molecule has 4 N–H and O–H groups in total. The number of aromatic nitrogens is 2. The number of amides is 2. The smallest absolute Gasteiger partial charge is 0.243 e. The predicted molar refractivity (Wildman–Crippen MR) is 92.9 cm³/mol. The second-order valence-corrected chi connectivity index (χ2v) is 6.68. The van der Waals surface area contributed by atoms with Crippen LogP contribution in [0.3, 0.4) is 0 Å². The van der Waals surface area contributed by atoms with E-state index in [0.717, 1.165) is 44.5 Å². The molecule has 134 valence electrons. The highest BCUT2D eigenvalue weighted by Gasteiger charge is 2.40. The number of nitrogens with zero attached hydrogens (tertiary/aromatic N) is 2. The molecule has 3 rings (SSSR count). The number of rotatable bonds is 5. The van der Waals surface area contributed by atoms with Gasteiger partial charge in [0, 0.05) is 18.7 Å². The van der Waals surface area contributed by atoms with E-state index < -0.39 is 11.4 Å². The van der Waals surface area contributed by atoms with Crippen LogP contribution >= 0.6 is 12.4 Å². The number of primary amides is 1. The number of nitrogens with two attached hydrogens (primary N) is 1. The van der Waals surface area contributed by atoms with Gasteiger partial charge in [-0.15, -0.1) is 12.4 Å². The molecule has 2 fully saturated rings. The largest absolute Gasteiger partial charge is 0.368 e. The molecule has 1 aromatic heterocycles. The molecular weight excluding hydrogens is 330 g/mol. The Morgan fingerprint density at radius 2 is 2.12 bits per heavy atom. The molecule has 0 aromatic carbocycles. The van der Waals surface area contributed by atoms with Gasteiger partial charge >= 0.3 is 0 Å². The van der Waals surface area contributed by atoms with Gasteiger partial charge in [0.1, 0.15) is 12.1 Å². The van der Waals surface area contributed by atoms with E-state index in [1.165, 1.54) is 0 Å². The fourth-order valence-electron chi connectivity index (χ4n) is 3.65. The summed E-state index contributed by atoms with van der Waals surface area (Å²) in [5.74, 6) is -0.222. The average molecular weight is 356 g/mol. The van der Waals surface area contributed by atoms with Gasteiger partial charge in [0.15, 0.2) is 0 Å². The molecule has 7 nitrogen and oxygen atoms in total. The first-order chi connectivity index (χ1) is 11.1. The van der Waals surface area contributed by atoms with Gasteiger partial charge in [-0.05, 0) is 38.3 Å². The Bertz CT molecular complexity index is 577. The third-order valence-corrected chi connectivity index (χ3v) is 4.99. The Hall–Kier alpha value is -1.60. The van der Waals surface area contributed by atoms with Crippen molar-refractivity contribution in [3.8, 4) is 0 Å². The van der Waals surface area contributed by atoms with Crippen molar-refractivity contribution in [3.05, 3.63) is 18.0 Å². The van der Waals surface area contributed by atoms with Gasteiger partial charge in [0.25, 0.3) is 0 Å². The highest BCUT2D eigenvalue weighted by atomic mass is 35.5. The third kappa shape index (κ3) is 4.08.